The first-order valence-corrected chi connectivity index (χ1v) is 7.86. The molecule has 0 aliphatic carbocycles. The maximum Gasteiger partial charge on any atom is 0.287 e. The molecule has 0 saturated carbocycles. The number of furan rings is 1. The van der Waals surface area contributed by atoms with E-state index in [9.17, 15) is 14.0 Å². The first kappa shape index (κ1) is 16.7. The molecule has 1 aromatic heterocycles. The number of amides is 2. The Hall–Kier alpha value is -3.15. The fourth-order valence-electron chi connectivity index (χ4n) is 2.37. The van der Waals surface area contributed by atoms with Gasteiger partial charge in [-0.2, -0.15) is 0 Å². The van der Waals surface area contributed by atoms with Gasteiger partial charge in [-0.25, -0.2) is 4.39 Å². The third-order valence-corrected chi connectivity index (χ3v) is 3.78. The van der Waals surface area contributed by atoms with E-state index in [1.807, 2.05) is 18.2 Å². The Morgan fingerprint density at radius 2 is 1.72 bits per heavy atom. The van der Waals surface area contributed by atoms with Gasteiger partial charge in [0.2, 0.25) is 0 Å². The van der Waals surface area contributed by atoms with Crippen LogP contribution in [0.25, 0.3) is 11.0 Å². The van der Waals surface area contributed by atoms with Crippen molar-refractivity contribution in [3.63, 3.8) is 0 Å². The summed E-state index contributed by atoms with van der Waals surface area (Å²) in [5, 5.41) is 6.14. The van der Waals surface area contributed by atoms with Crippen LogP contribution < -0.4 is 10.6 Å². The van der Waals surface area contributed by atoms with Crippen LogP contribution in [0.15, 0.2) is 52.9 Å². The van der Waals surface area contributed by atoms with Crippen molar-refractivity contribution < 1.29 is 18.4 Å². The zero-order valence-corrected chi connectivity index (χ0v) is 13.6. The number of benzene rings is 2. The summed E-state index contributed by atoms with van der Waals surface area (Å²) in [7, 11) is 0. The summed E-state index contributed by atoms with van der Waals surface area (Å²) in [6.07, 6.45) is 0. The molecule has 0 radical (unpaired) electrons. The minimum Gasteiger partial charge on any atom is -0.451 e. The van der Waals surface area contributed by atoms with Crippen LogP contribution in [0.1, 0.15) is 26.5 Å². The van der Waals surface area contributed by atoms with Crippen molar-refractivity contribution in [1.82, 2.24) is 10.6 Å². The Kier molecular flexibility index (Phi) is 4.79. The number of carbonyl (C=O) groups excluding carboxylic acids is 2. The summed E-state index contributed by atoms with van der Waals surface area (Å²) in [6.45, 7) is 2.08. The molecule has 128 valence electrons. The molecule has 2 aromatic carbocycles. The highest BCUT2D eigenvalue weighted by Crippen LogP contribution is 2.18. The third-order valence-electron chi connectivity index (χ3n) is 3.78. The second-order valence-corrected chi connectivity index (χ2v) is 5.62. The summed E-state index contributed by atoms with van der Waals surface area (Å²) in [5.41, 5.74) is 1.36. The van der Waals surface area contributed by atoms with Gasteiger partial charge in [0, 0.05) is 24.0 Å². The lowest BCUT2D eigenvalue weighted by molar-refractivity contribution is 0.0912. The standard InChI is InChI=1S/C19H17FN2O3/c1-12-6-7-14(10-15(12)20)18(23)21-8-9-22-19(24)17-11-13-4-2-3-5-16(13)25-17/h2-7,10-11H,8-9H2,1H3,(H,21,23)(H,22,24). The Labute approximate surface area is 143 Å². The van der Waals surface area contributed by atoms with E-state index < -0.39 is 11.7 Å². The molecular weight excluding hydrogens is 323 g/mol. The van der Waals surface area contributed by atoms with Gasteiger partial charge < -0.3 is 15.1 Å². The van der Waals surface area contributed by atoms with Crippen molar-refractivity contribution in [2.45, 2.75) is 6.92 Å². The number of para-hydroxylation sites is 1. The van der Waals surface area contributed by atoms with Crippen molar-refractivity contribution in [3.05, 3.63) is 71.2 Å². The predicted octanol–water partition coefficient (Wildman–Crippen LogP) is 3.04. The molecule has 0 atom stereocenters. The van der Waals surface area contributed by atoms with Gasteiger partial charge in [-0.05, 0) is 36.8 Å². The number of halogens is 1. The number of carbonyl (C=O) groups is 2. The van der Waals surface area contributed by atoms with Crippen molar-refractivity contribution in [3.8, 4) is 0 Å². The van der Waals surface area contributed by atoms with Crippen molar-refractivity contribution in [2.24, 2.45) is 0 Å². The van der Waals surface area contributed by atoms with E-state index in [0.29, 0.717) is 11.1 Å². The fraction of sp³-hybridized carbons (Fsp3) is 0.158. The lowest BCUT2D eigenvalue weighted by Gasteiger charge is -2.07. The first-order chi connectivity index (χ1) is 12.0. The first-order valence-electron chi connectivity index (χ1n) is 7.86. The molecule has 0 aliphatic rings. The van der Waals surface area contributed by atoms with Gasteiger partial charge >= 0.3 is 0 Å². The lowest BCUT2D eigenvalue weighted by Crippen LogP contribution is -2.34. The molecule has 0 fully saturated rings. The zero-order valence-electron chi connectivity index (χ0n) is 13.6. The highest BCUT2D eigenvalue weighted by atomic mass is 19.1. The highest BCUT2D eigenvalue weighted by Gasteiger charge is 2.12. The summed E-state index contributed by atoms with van der Waals surface area (Å²) in [5.74, 6) is -0.956. The van der Waals surface area contributed by atoms with Gasteiger partial charge in [-0.1, -0.05) is 24.3 Å². The monoisotopic (exact) mass is 340 g/mol. The maximum atomic E-state index is 13.5. The van der Waals surface area contributed by atoms with E-state index in [4.69, 9.17) is 4.42 Å². The minimum atomic E-state index is -0.425. The number of rotatable bonds is 5. The molecule has 0 spiro atoms. The van der Waals surface area contributed by atoms with E-state index in [0.717, 1.165) is 5.39 Å². The van der Waals surface area contributed by atoms with Crippen LogP contribution in [-0.2, 0) is 0 Å². The van der Waals surface area contributed by atoms with E-state index in [-0.39, 0.29) is 30.3 Å². The van der Waals surface area contributed by atoms with Crippen LogP contribution in [0.2, 0.25) is 0 Å². The molecule has 3 rings (SSSR count). The average Bonchev–Trinajstić information content (AvgIpc) is 3.05. The van der Waals surface area contributed by atoms with Gasteiger partial charge in [0.05, 0.1) is 0 Å². The molecule has 3 aromatic rings. The second kappa shape index (κ2) is 7.17. The smallest absolute Gasteiger partial charge is 0.287 e. The summed E-state index contributed by atoms with van der Waals surface area (Å²) >= 11 is 0. The number of hydrogen-bond donors (Lipinski definition) is 2. The van der Waals surface area contributed by atoms with Gasteiger partial charge in [-0.15, -0.1) is 0 Å². The summed E-state index contributed by atoms with van der Waals surface area (Å²) in [6, 6.07) is 13.3. The van der Waals surface area contributed by atoms with Crippen LogP contribution >= 0.6 is 0 Å². The molecule has 0 bridgehead atoms. The van der Waals surface area contributed by atoms with Crippen LogP contribution in [0.4, 0.5) is 4.39 Å². The Morgan fingerprint density at radius 1 is 1.00 bits per heavy atom. The molecule has 6 heteroatoms. The van der Waals surface area contributed by atoms with Crippen LogP contribution in [0.3, 0.4) is 0 Å². The van der Waals surface area contributed by atoms with E-state index in [1.54, 1.807) is 31.2 Å². The topological polar surface area (TPSA) is 71.3 Å². The number of hydrogen-bond acceptors (Lipinski definition) is 3. The van der Waals surface area contributed by atoms with Crippen molar-refractivity contribution >= 4 is 22.8 Å². The lowest BCUT2D eigenvalue weighted by atomic mass is 10.1. The highest BCUT2D eigenvalue weighted by molar-refractivity contribution is 5.96. The Balaban J connectivity index is 1.49. The van der Waals surface area contributed by atoms with Gasteiger partial charge in [0.1, 0.15) is 11.4 Å². The molecule has 1 heterocycles. The second-order valence-electron chi connectivity index (χ2n) is 5.62. The van der Waals surface area contributed by atoms with E-state index >= 15 is 0 Å². The molecule has 25 heavy (non-hydrogen) atoms. The Morgan fingerprint density at radius 3 is 2.44 bits per heavy atom. The number of fused-ring (bicyclic) bond motifs is 1. The molecule has 5 nitrogen and oxygen atoms in total. The van der Waals surface area contributed by atoms with Crippen LogP contribution in [0.5, 0.6) is 0 Å². The molecule has 0 unspecified atom stereocenters. The quantitative estimate of drug-likeness (QED) is 0.701. The predicted molar refractivity (Wildman–Crippen MR) is 92.0 cm³/mol. The zero-order chi connectivity index (χ0) is 17.8. The number of nitrogens with one attached hydrogen (secondary N) is 2. The molecule has 0 saturated heterocycles. The van der Waals surface area contributed by atoms with Crippen LogP contribution in [0, 0.1) is 12.7 Å². The van der Waals surface area contributed by atoms with Crippen molar-refractivity contribution in [2.75, 3.05) is 13.1 Å². The number of aryl methyl sites for hydroxylation is 1. The fourth-order valence-corrected chi connectivity index (χ4v) is 2.37. The SMILES string of the molecule is Cc1ccc(C(=O)NCCNC(=O)c2cc3ccccc3o2)cc1F. The molecular formula is C19H17FN2O3. The van der Waals surface area contributed by atoms with Gasteiger partial charge in [-0.3, -0.25) is 9.59 Å². The minimum absolute atomic E-state index is 0.216. The Bertz CT molecular complexity index is 900. The normalized spacial score (nSPS) is 10.6. The van der Waals surface area contributed by atoms with Crippen molar-refractivity contribution in [1.29, 1.82) is 0 Å². The summed E-state index contributed by atoms with van der Waals surface area (Å²) in [4.78, 5) is 24.0. The van der Waals surface area contributed by atoms with Gasteiger partial charge in [0.15, 0.2) is 5.76 Å². The third kappa shape index (κ3) is 3.85. The molecule has 2 N–H and O–H groups in total. The molecule has 0 aliphatic heterocycles. The average molecular weight is 340 g/mol. The van der Waals surface area contributed by atoms with E-state index in [2.05, 4.69) is 10.6 Å². The summed E-state index contributed by atoms with van der Waals surface area (Å²) < 4.78 is 18.9. The van der Waals surface area contributed by atoms with Gasteiger partial charge in [0.25, 0.3) is 11.8 Å². The van der Waals surface area contributed by atoms with Crippen LogP contribution in [-0.4, -0.2) is 24.9 Å². The van der Waals surface area contributed by atoms with E-state index in [1.165, 1.54) is 6.07 Å². The largest absolute Gasteiger partial charge is 0.451 e. The molecule has 2 amide bonds. The maximum absolute atomic E-state index is 13.5.